The Labute approximate surface area is 281 Å². The molecular weight excluding hydrogens is 729 g/mol. The molecule has 0 spiro atoms. The smallest absolute Gasteiger partial charge is 0.336 e. The van der Waals surface area contributed by atoms with Crippen molar-refractivity contribution >= 4 is 77.2 Å². The Morgan fingerprint density at radius 1 is 0.940 bits per heavy atom. The number of nitrogens with zero attached hydrogens (tertiary/aromatic N) is 1. The van der Waals surface area contributed by atoms with Crippen molar-refractivity contribution in [2.45, 2.75) is 22.3 Å². The zero-order valence-corrected chi connectivity index (χ0v) is 27.4. The predicted molar refractivity (Wildman–Crippen MR) is 172 cm³/mol. The van der Waals surface area contributed by atoms with Crippen molar-refractivity contribution < 1.29 is 67.6 Å². The lowest BCUT2D eigenvalue weighted by molar-refractivity contribution is -0.119. The van der Waals surface area contributed by atoms with Gasteiger partial charge in [0.1, 0.15) is 18.1 Å². The van der Waals surface area contributed by atoms with Crippen LogP contribution in [0.3, 0.4) is 0 Å². The van der Waals surface area contributed by atoms with Crippen LogP contribution in [0.15, 0.2) is 61.7 Å². The molecule has 0 saturated carbocycles. The molecule has 1 heterocycles. The highest BCUT2D eigenvalue weighted by Crippen LogP contribution is 2.45. The number of benzene rings is 3. The fourth-order valence-corrected chi connectivity index (χ4v) is 7.10. The van der Waals surface area contributed by atoms with E-state index in [1.165, 1.54) is 0 Å². The molecule has 1 unspecified atom stereocenters. The summed E-state index contributed by atoms with van der Waals surface area (Å²) < 4.78 is 107. The van der Waals surface area contributed by atoms with Crippen LogP contribution in [-0.4, -0.2) is 92.5 Å². The molecule has 4 rings (SSSR count). The lowest BCUT2D eigenvalue weighted by atomic mass is 9.89. The largest absolute Gasteiger partial charge is 0.478 e. The van der Waals surface area contributed by atoms with E-state index in [1.807, 2.05) is 0 Å². The van der Waals surface area contributed by atoms with Gasteiger partial charge in [-0.2, -0.15) is 25.3 Å². The molecule has 0 saturated heterocycles. The van der Waals surface area contributed by atoms with Gasteiger partial charge in [-0.05, 0) is 42.0 Å². The highest BCUT2D eigenvalue weighted by Gasteiger charge is 2.32. The second-order valence-electron chi connectivity index (χ2n) is 10.3. The van der Waals surface area contributed by atoms with E-state index in [2.05, 4.69) is 10.3 Å². The molecule has 2 aromatic rings. The van der Waals surface area contributed by atoms with E-state index in [1.54, 1.807) is 0 Å². The van der Waals surface area contributed by atoms with Crippen LogP contribution in [0.2, 0.25) is 0 Å². The number of aliphatic imine (C=N–C) groups is 1. The number of nitrogen functional groups attached to an aromatic ring is 1. The number of carboxylic acids is 1. The molecule has 8 N–H and O–H groups in total. The number of carbonyl (C=O) groups excluding carboxylic acids is 3. The normalized spacial score (nSPS) is 13.0. The van der Waals surface area contributed by atoms with Crippen LogP contribution in [0.4, 0.5) is 5.69 Å². The number of rotatable bonds is 13. The molecule has 0 radical (unpaired) electrons. The number of Topliss-reactive ketones (excluding diaryl/α,β-unsaturated/α-hetero) is 1. The Kier molecular flexibility index (Phi) is 10.4. The van der Waals surface area contributed by atoms with E-state index in [-0.39, 0.29) is 28.5 Å². The Morgan fingerprint density at radius 2 is 1.58 bits per heavy atom. The van der Waals surface area contributed by atoms with Crippen LogP contribution in [0.1, 0.15) is 27.1 Å². The summed E-state index contributed by atoms with van der Waals surface area (Å²) in [6, 6.07) is 5.07. The summed E-state index contributed by atoms with van der Waals surface area (Å²) in [5, 5.41) is 19.3. The van der Waals surface area contributed by atoms with Crippen LogP contribution in [0.25, 0.3) is 33.4 Å². The zero-order chi connectivity index (χ0) is 37.3. The molecule has 1 aliphatic carbocycles. The summed E-state index contributed by atoms with van der Waals surface area (Å²) in [5.74, 6) is -6.05. The van der Waals surface area contributed by atoms with Gasteiger partial charge in [-0.15, -0.1) is 0 Å². The van der Waals surface area contributed by atoms with E-state index in [0.717, 1.165) is 48.7 Å². The molecule has 1 aliphatic heterocycles. The van der Waals surface area contributed by atoms with Gasteiger partial charge < -0.3 is 25.4 Å². The number of aldehydes is 1. The Bertz CT molecular complexity index is 2490. The lowest BCUT2D eigenvalue weighted by Gasteiger charge is -2.20. The van der Waals surface area contributed by atoms with Gasteiger partial charge >= 0.3 is 5.97 Å². The molecular formula is C28H24N4O15S3. The number of ketones is 1. The zero-order valence-electron chi connectivity index (χ0n) is 24.9. The third-order valence-electron chi connectivity index (χ3n) is 6.94. The molecule has 1 amide bonds. The predicted octanol–water partition coefficient (Wildman–Crippen LogP) is 0.673. The maximum Gasteiger partial charge on any atom is 0.336 e. The summed E-state index contributed by atoms with van der Waals surface area (Å²) in [7, 11) is -15.4. The minimum absolute atomic E-state index is 0.168. The van der Waals surface area contributed by atoms with Gasteiger partial charge in [-0.25, -0.2) is 4.79 Å². The third-order valence-corrected chi connectivity index (χ3v) is 9.56. The Hall–Kier alpha value is -5.39. The number of fused-ring (bicyclic) bond motifs is 2. The van der Waals surface area contributed by atoms with Crippen molar-refractivity contribution in [2.75, 3.05) is 18.0 Å². The molecule has 19 nitrogen and oxygen atoms in total. The molecule has 2 aliphatic rings. The summed E-state index contributed by atoms with van der Waals surface area (Å²) >= 11 is 0. The summed E-state index contributed by atoms with van der Waals surface area (Å²) in [6.45, 7) is -0.700. The first-order chi connectivity index (χ1) is 23.2. The molecule has 2 aromatic carbocycles. The SMILES string of the molecule is N=c1ccc2c(-c3ccc(C(=O)NC(CS(=O)(=O)O)C(=O)CN=CCC=O)cc3C(=O)O)c3ccc(N)c(S(=O)(=O)O)c3oc-2c1S(=O)(=O)O. The average Bonchev–Trinajstić information content (AvgIpc) is 2.99. The molecule has 50 heavy (non-hydrogen) atoms. The highest BCUT2D eigenvalue weighted by atomic mass is 32.2. The van der Waals surface area contributed by atoms with Crippen LogP contribution in [0, 0.1) is 5.41 Å². The summed E-state index contributed by atoms with van der Waals surface area (Å²) in [4.78, 5) is 50.3. The van der Waals surface area contributed by atoms with Gasteiger partial charge in [-0.1, -0.05) is 6.07 Å². The fourth-order valence-electron chi connectivity index (χ4n) is 4.93. The second kappa shape index (κ2) is 13.9. The van der Waals surface area contributed by atoms with Crippen LogP contribution >= 0.6 is 0 Å². The first-order valence-corrected chi connectivity index (χ1v) is 18.0. The highest BCUT2D eigenvalue weighted by molar-refractivity contribution is 7.86. The number of carboxylic acid groups (broad SMARTS) is 1. The van der Waals surface area contributed by atoms with Crippen LogP contribution < -0.4 is 16.4 Å². The van der Waals surface area contributed by atoms with Crippen molar-refractivity contribution in [3.8, 4) is 22.5 Å². The Balaban J connectivity index is 1.99. The molecule has 0 fully saturated rings. The van der Waals surface area contributed by atoms with Crippen molar-refractivity contribution in [3.05, 3.63) is 58.9 Å². The van der Waals surface area contributed by atoms with E-state index in [0.29, 0.717) is 6.29 Å². The van der Waals surface area contributed by atoms with Gasteiger partial charge in [-0.3, -0.25) is 33.6 Å². The minimum Gasteiger partial charge on any atom is -0.478 e. The van der Waals surface area contributed by atoms with E-state index >= 15 is 0 Å². The number of hydrogen-bond donors (Lipinski definition) is 7. The van der Waals surface area contributed by atoms with Crippen molar-refractivity contribution in [2.24, 2.45) is 4.99 Å². The van der Waals surface area contributed by atoms with Crippen LogP contribution in [-0.2, 0) is 39.9 Å². The quantitative estimate of drug-likeness (QED) is 0.0324. The van der Waals surface area contributed by atoms with Gasteiger partial charge in [0, 0.05) is 34.7 Å². The summed E-state index contributed by atoms with van der Waals surface area (Å²) in [5.41, 5.74) is 2.31. The topological polar surface area (TPSA) is 339 Å². The van der Waals surface area contributed by atoms with Gasteiger partial charge in [0.2, 0.25) is 0 Å². The number of hydrogen-bond acceptors (Lipinski definition) is 14. The summed E-state index contributed by atoms with van der Waals surface area (Å²) in [6.07, 6.45) is 1.35. The number of anilines is 1. The molecule has 0 bridgehead atoms. The van der Waals surface area contributed by atoms with E-state index in [4.69, 9.17) is 15.6 Å². The van der Waals surface area contributed by atoms with E-state index in [9.17, 15) is 63.2 Å². The number of aromatic carboxylic acids is 1. The average molecular weight is 753 g/mol. The Morgan fingerprint density at radius 3 is 2.16 bits per heavy atom. The molecule has 1 atom stereocenters. The van der Waals surface area contributed by atoms with Gasteiger partial charge in [0.15, 0.2) is 26.9 Å². The van der Waals surface area contributed by atoms with Gasteiger partial charge in [0.25, 0.3) is 36.3 Å². The lowest BCUT2D eigenvalue weighted by Crippen LogP contribution is -2.46. The van der Waals surface area contributed by atoms with Crippen LogP contribution in [0.5, 0.6) is 0 Å². The standard InChI is InChI=1S/C28H24N4O15S3/c29-18-6-4-15-22(16-5-7-19(30)26(50(44,45)46)24(16)47-23(15)25(18)49(41,42)43)14-3-2-13(10-17(14)28(36)37)27(35)32-20(12-48(38,39)40)21(34)11-31-8-1-9-33/h2-10,20,29H,1,11-12,30H2,(H,32,35)(H,36,37)(H,38,39,40)(H,41,42,43)(H,44,45,46). The monoisotopic (exact) mass is 752 g/mol. The molecule has 264 valence electrons. The maximum atomic E-state index is 13.2. The number of nitrogens with two attached hydrogens (primary N) is 1. The molecule has 0 aromatic heterocycles. The van der Waals surface area contributed by atoms with Crippen molar-refractivity contribution in [1.29, 1.82) is 5.41 Å². The maximum absolute atomic E-state index is 13.2. The van der Waals surface area contributed by atoms with Crippen molar-refractivity contribution in [1.82, 2.24) is 5.32 Å². The third kappa shape index (κ3) is 7.90. The van der Waals surface area contributed by atoms with Crippen molar-refractivity contribution in [3.63, 3.8) is 0 Å². The molecule has 22 heteroatoms. The number of nitrogens with one attached hydrogen (secondary N) is 2. The minimum atomic E-state index is -5.28. The second-order valence-corrected chi connectivity index (χ2v) is 14.6. The fraction of sp³-hybridized carbons (Fsp3) is 0.143. The first-order valence-electron chi connectivity index (χ1n) is 13.6. The first kappa shape index (κ1) is 37.4. The van der Waals surface area contributed by atoms with E-state index < -0.39 is 110 Å². The van der Waals surface area contributed by atoms with Gasteiger partial charge in [0.05, 0.1) is 23.2 Å². The number of carbonyl (C=O) groups is 4. The number of amides is 1.